The van der Waals surface area contributed by atoms with Crippen LogP contribution in [0.4, 0.5) is 15.2 Å². The Bertz CT molecular complexity index is 787. The zero-order chi connectivity index (χ0) is 15.0. The Morgan fingerprint density at radius 3 is 2.62 bits per heavy atom. The minimum Gasteiger partial charge on any atom is -0.331 e. The molecule has 0 unspecified atom stereocenters. The lowest BCUT2D eigenvalue weighted by Crippen LogP contribution is -2.13. The predicted octanol–water partition coefficient (Wildman–Crippen LogP) is 5.48. The van der Waals surface area contributed by atoms with Crippen LogP contribution in [-0.4, -0.2) is 4.98 Å². The number of benzene rings is 2. The van der Waals surface area contributed by atoms with Gasteiger partial charge in [0.25, 0.3) is 0 Å². The van der Waals surface area contributed by atoms with E-state index in [0.29, 0.717) is 5.52 Å². The molecular weight excluding hydrogens is 283 g/mol. The van der Waals surface area contributed by atoms with Crippen molar-refractivity contribution in [2.75, 3.05) is 5.32 Å². The molecular formula is C17H17FN2S. The van der Waals surface area contributed by atoms with E-state index in [9.17, 15) is 4.39 Å². The van der Waals surface area contributed by atoms with E-state index in [-0.39, 0.29) is 11.2 Å². The molecule has 3 rings (SSSR count). The molecule has 2 nitrogen and oxygen atoms in total. The zero-order valence-corrected chi connectivity index (χ0v) is 13.1. The lowest BCUT2D eigenvalue weighted by Gasteiger charge is -2.22. The number of para-hydroxylation sites is 1. The summed E-state index contributed by atoms with van der Waals surface area (Å²) >= 11 is 1.53. The minimum absolute atomic E-state index is 0.0480. The van der Waals surface area contributed by atoms with Gasteiger partial charge in [-0.1, -0.05) is 50.3 Å². The highest BCUT2D eigenvalue weighted by atomic mass is 32.1. The van der Waals surface area contributed by atoms with Crippen molar-refractivity contribution < 1.29 is 4.39 Å². The van der Waals surface area contributed by atoms with Crippen molar-refractivity contribution in [3.8, 4) is 0 Å². The SMILES string of the molecule is CC(C)(C)c1ccccc1Nc1nc2cc(F)ccc2s1. The molecule has 0 aliphatic heterocycles. The monoisotopic (exact) mass is 300 g/mol. The molecule has 0 bridgehead atoms. The van der Waals surface area contributed by atoms with Crippen molar-refractivity contribution in [1.82, 2.24) is 4.98 Å². The third kappa shape index (κ3) is 2.90. The first kappa shape index (κ1) is 14.0. The molecule has 108 valence electrons. The fourth-order valence-electron chi connectivity index (χ4n) is 2.32. The maximum absolute atomic E-state index is 13.2. The van der Waals surface area contributed by atoms with Crippen molar-refractivity contribution in [2.24, 2.45) is 0 Å². The maximum Gasteiger partial charge on any atom is 0.188 e. The molecule has 0 fully saturated rings. The number of halogens is 1. The average molecular weight is 300 g/mol. The van der Waals surface area contributed by atoms with Gasteiger partial charge in [0.2, 0.25) is 0 Å². The maximum atomic E-state index is 13.2. The molecule has 0 spiro atoms. The molecule has 0 aliphatic rings. The van der Waals surface area contributed by atoms with E-state index < -0.39 is 0 Å². The van der Waals surface area contributed by atoms with Gasteiger partial charge in [0, 0.05) is 11.8 Å². The summed E-state index contributed by atoms with van der Waals surface area (Å²) in [6, 6.07) is 12.9. The largest absolute Gasteiger partial charge is 0.331 e. The molecule has 3 aromatic rings. The summed E-state index contributed by atoms with van der Waals surface area (Å²) < 4.78 is 14.2. The highest BCUT2D eigenvalue weighted by Crippen LogP contribution is 2.34. The highest BCUT2D eigenvalue weighted by molar-refractivity contribution is 7.22. The molecule has 21 heavy (non-hydrogen) atoms. The van der Waals surface area contributed by atoms with Crippen molar-refractivity contribution in [3.63, 3.8) is 0 Å². The summed E-state index contributed by atoms with van der Waals surface area (Å²) in [4.78, 5) is 4.46. The summed E-state index contributed by atoms with van der Waals surface area (Å²) in [5.74, 6) is -0.255. The average Bonchev–Trinajstić information content (AvgIpc) is 2.79. The van der Waals surface area contributed by atoms with E-state index in [1.165, 1.54) is 29.0 Å². The summed E-state index contributed by atoms with van der Waals surface area (Å²) in [5, 5.41) is 4.16. The molecule has 1 heterocycles. The molecule has 4 heteroatoms. The zero-order valence-electron chi connectivity index (χ0n) is 12.3. The number of hydrogen-bond acceptors (Lipinski definition) is 3. The Labute approximate surface area is 127 Å². The van der Waals surface area contributed by atoms with E-state index >= 15 is 0 Å². The summed E-state index contributed by atoms with van der Waals surface area (Å²) in [6.07, 6.45) is 0. The van der Waals surface area contributed by atoms with E-state index in [1.807, 2.05) is 18.2 Å². The normalized spacial score (nSPS) is 11.8. The Morgan fingerprint density at radius 1 is 1.10 bits per heavy atom. The topological polar surface area (TPSA) is 24.9 Å². The first-order valence-electron chi connectivity index (χ1n) is 6.86. The number of nitrogens with one attached hydrogen (secondary N) is 1. The Balaban J connectivity index is 1.99. The van der Waals surface area contributed by atoms with Crippen LogP contribution in [-0.2, 0) is 5.41 Å². The lowest BCUT2D eigenvalue weighted by molar-refractivity contribution is 0.592. The molecule has 1 aromatic heterocycles. The Hall–Kier alpha value is -1.94. The van der Waals surface area contributed by atoms with Gasteiger partial charge in [-0.25, -0.2) is 9.37 Å². The van der Waals surface area contributed by atoms with Gasteiger partial charge >= 0.3 is 0 Å². The van der Waals surface area contributed by atoms with Gasteiger partial charge in [0.1, 0.15) is 5.82 Å². The number of aromatic nitrogens is 1. The minimum atomic E-state index is -0.255. The molecule has 0 radical (unpaired) electrons. The number of hydrogen-bond donors (Lipinski definition) is 1. The predicted molar refractivity (Wildman–Crippen MR) is 88.0 cm³/mol. The van der Waals surface area contributed by atoms with Crippen LogP contribution in [0.1, 0.15) is 26.3 Å². The van der Waals surface area contributed by atoms with Gasteiger partial charge in [-0.2, -0.15) is 0 Å². The standard InChI is InChI=1S/C17H17FN2S/c1-17(2,3)12-6-4-5-7-13(12)19-16-20-14-10-11(18)8-9-15(14)21-16/h4-10H,1-3H3,(H,19,20). The second-order valence-corrected chi connectivity index (χ2v) is 7.08. The van der Waals surface area contributed by atoms with Crippen LogP contribution in [0, 0.1) is 5.82 Å². The molecule has 0 aliphatic carbocycles. The van der Waals surface area contributed by atoms with Gasteiger partial charge in [-0.3, -0.25) is 0 Å². The summed E-state index contributed by atoms with van der Waals surface area (Å²) in [7, 11) is 0. The first-order chi connectivity index (χ1) is 9.93. The van der Waals surface area contributed by atoms with Crippen molar-refractivity contribution in [2.45, 2.75) is 26.2 Å². The lowest BCUT2D eigenvalue weighted by atomic mass is 9.86. The third-order valence-electron chi connectivity index (χ3n) is 3.33. The van der Waals surface area contributed by atoms with Crippen LogP contribution >= 0.6 is 11.3 Å². The number of rotatable bonds is 2. The number of anilines is 2. The number of thiazole rings is 1. The van der Waals surface area contributed by atoms with Gasteiger partial charge < -0.3 is 5.32 Å². The van der Waals surface area contributed by atoms with Gasteiger partial charge in [0.05, 0.1) is 10.2 Å². The molecule has 1 N–H and O–H groups in total. The molecule has 0 saturated heterocycles. The van der Waals surface area contributed by atoms with Gasteiger partial charge in [0.15, 0.2) is 5.13 Å². The smallest absolute Gasteiger partial charge is 0.188 e. The Kier molecular flexibility index (Phi) is 3.41. The Morgan fingerprint density at radius 2 is 1.86 bits per heavy atom. The van der Waals surface area contributed by atoms with Crippen LogP contribution in [0.25, 0.3) is 10.2 Å². The van der Waals surface area contributed by atoms with E-state index in [0.717, 1.165) is 15.5 Å². The van der Waals surface area contributed by atoms with Gasteiger partial charge in [-0.15, -0.1) is 0 Å². The van der Waals surface area contributed by atoms with Crippen molar-refractivity contribution >= 4 is 32.4 Å². The second kappa shape index (κ2) is 5.11. The molecule has 2 aromatic carbocycles. The van der Waals surface area contributed by atoms with Crippen molar-refractivity contribution in [1.29, 1.82) is 0 Å². The van der Waals surface area contributed by atoms with Crippen LogP contribution in [0.2, 0.25) is 0 Å². The van der Waals surface area contributed by atoms with Crippen LogP contribution in [0.15, 0.2) is 42.5 Å². The highest BCUT2D eigenvalue weighted by Gasteiger charge is 2.18. The van der Waals surface area contributed by atoms with E-state index in [2.05, 4.69) is 37.1 Å². The van der Waals surface area contributed by atoms with E-state index in [1.54, 1.807) is 6.07 Å². The quantitative estimate of drug-likeness (QED) is 0.678. The fraction of sp³-hybridized carbons (Fsp3) is 0.235. The van der Waals surface area contributed by atoms with E-state index in [4.69, 9.17) is 0 Å². The summed E-state index contributed by atoms with van der Waals surface area (Å²) in [5.41, 5.74) is 3.02. The first-order valence-corrected chi connectivity index (χ1v) is 7.68. The van der Waals surface area contributed by atoms with Gasteiger partial charge in [-0.05, 0) is 29.2 Å². The number of fused-ring (bicyclic) bond motifs is 1. The van der Waals surface area contributed by atoms with Crippen LogP contribution < -0.4 is 5.32 Å². The molecule has 0 atom stereocenters. The molecule has 0 saturated carbocycles. The second-order valence-electron chi connectivity index (χ2n) is 6.05. The summed E-state index contributed by atoms with van der Waals surface area (Å²) in [6.45, 7) is 6.55. The fourth-order valence-corrected chi connectivity index (χ4v) is 3.17. The third-order valence-corrected chi connectivity index (χ3v) is 4.28. The molecule has 0 amide bonds. The number of nitrogens with zero attached hydrogens (tertiary/aromatic N) is 1. The van der Waals surface area contributed by atoms with Crippen LogP contribution in [0.3, 0.4) is 0 Å². The van der Waals surface area contributed by atoms with Crippen molar-refractivity contribution in [3.05, 3.63) is 53.8 Å². The van der Waals surface area contributed by atoms with Crippen LogP contribution in [0.5, 0.6) is 0 Å².